The molecule has 3 aromatic rings. The Hall–Kier alpha value is -1.67. The van der Waals surface area contributed by atoms with Crippen molar-refractivity contribution in [1.82, 2.24) is 15.6 Å². The fourth-order valence-electron chi connectivity index (χ4n) is 2.87. The highest BCUT2D eigenvalue weighted by Crippen LogP contribution is 2.17. The second-order valence-electron chi connectivity index (χ2n) is 6.17. The first kappa shape index (κ1) is 20.6. The average Bonchev–Trinajstić information content (AvgIpc) is 3.03. The standard InChI is InChI=1S/C20H24N4S.HI/c1-14(12-17-9-8-15(2)25-17)24-20(21-3)23-13-19-18-7-5-4-6-16(18)10-11-22-19;/h4-11,14H,12-13H2,1-3H3,(H2,21,23,24);1H. The third-order valence-corrected chi connectivity index (χ3v) is 5.11. The topological polar surface area (TPSA) is 49.3 Å². The summed E-state index contributed by atoms with van der Waals surface area (Å²) in [5.41, 5.74) is 1.03. The fraction of sp³-hybridized carbons (Fsp3) is 0.300. The van der Waals surface area contributed by atoms with E-state index >= 15 is 0 Å². The summed E-state index contributed by atoms with van der Waals surface area (Å²) in [6.45, 7) is 4.97. The van der Waals surface area contributed by atoms with Gasteiger partial charge in [-0.2, -0.15) is 0 Å². The zero-order valence-corrected chi connectivity index (χ0v) is 18.5. The molecule has 0 amide bonds. The predicted molar refractivity (Wildman–Crippen MR) is 123 cm³/mol. The largest absolute Gasteiger partial charge is 0.354 e. The molecule has 1 atom stereocenters. The Kier molecular flexibility index (Phi) is 7.84. The molecule has 138 valence electrons. The maximum atomic E-state index is 4.52. The molecule has 0 bridgehead atoms. The molecule has 0 aliphatic rings. The number of hydrogen-bond acceptors (Lipinski definition) is 3. The highest BCUT2D eigenvalue weighted by Gasteiger charge is 2.09. The van der Waals surface area contributed by atoms with Crippen molar-refractivity contribution >= 4 is 52.0 Å². The van der Waals surface area contributed by atoms with Crippen molar-refractivity contribution in [2.24, 2.45) is 4.99 Å². The van der Waals surface area contributed by atoms with Crippen LogP contribution in [0.5, 0.6) is 0 Å². The number of benzene rings is 1. The number of rotatable bonds is 5. The van der Waals surface area contributed by atoms with Crippen LogP contribution < -0.4 is 10.6 Å². The minimum atomic E-state index is 0. The minimum absolute atomic E-state index is 0. The Bertz CT molecular complexity index is 870. The van der Waals surface area contributed by atoms with Gasteiger partial charge in [0.05, 0.1) is 12.2 Å². The molecule has 0 spiro atoms. The van der Waals surface area contributed by atoms with Gasteiger partial charge in [-0.3, -0.25) is 9.98 Å². The molecule has 2 N–H and O–H groups in total. The molecule has 0 aliphatic carbocycles. The van der Waals surface area contributed by atoms with Crippen LogP contribution in [-0.2, 0) is 13.0 Å². The molecule has 1 aromatic carbocycles. The molecule has 0 aliphatic heterocycles. The lowest BCUT2D eigenvalue weighted by Gasteiger charge is -2.17. The van der Waals surface area contributed by atoms with Gasteiger partial charge in [0.15, 0.2) is 5.96 Å². The number of aliphatic imine (C=N–C) groups is 1. The highest BCUT2D eigenvalue weighted by atomic mass is 127. The van der Waals surface area contributed by atoms with Gasteiger partial charge in [-0.05, 0) is 37.4 Å². The van der Waals surface area contributed by atoms with Gasteiger partial charge < -0.3 is 10.6 Å². The molecule has 2 heterocycles. The lowest BCUT2D eigenvalue weighted by atomic mass is 10.1. The van der Waals surface area contributed by atoms with Crippen molar-refractivity contribution in [3.05, 3.63) is 64.1 Å². The van der Waals surface area contributed by atoms with Gasteiger partial charge in [-0.25, -0.2) is 0 Å². The maximum absolute atomic E-state index is 4.52. The minimum Gasteiger partial charge on any atom is -0.354 e. The van der Waals surface area contributed by atoms with Crippen LogP contribution in [0.2, 0.25) is 0 Å². The number of nitrogens with zero attached hydrogens (tertiary/aromatic N) is 2. The molecule has 2 aromatic heterocycles. The molecule has 6 heteroatoms. The average molecular weight is 480 g/mol. The quantitative estimate of drug-likeness (QED) is 0.321. The molecule has 0 saturated carbocycles. The van der Waals surface area contributed by atoms with E-state index in [1.54, 1.807) is 7.05 Å². The SMILES string of the molecule is CN=C(NCc1nccc2ccccc12)NC(C)Cc1ccc(C)s1.I. The summed E-state index contributed by atoms with van der Waals surface area (Å²) in [4.78, 5) is 11.6. The molecule has 0 saturated heterocycles. The summed E-state index contributed by atoms with van der Waals surface area (Å²) in [5, 5.41) is 9.22. The molecule has 3 rings (SSSR count). The zero-order chi connectivity index (χ0) is 17.6. The molecule has 1 unspecified atom stereocenters. The van der Waals surface area contributed by atoms with Crippen LogP contribution in [0.4, 0.5) is 0 Å². The zero-order valence-electron chi connectivity index (χ0n) is 15.3. The molecule has 26 heavy (non-hydrogen) atoms. The van der Waals surface area contributed by atoms with Crippen LogP contribution in [0.1, 0.15) is 22.4 Å². The lowest BCUT2D eigenvalue weighted by Crippen LogP contribution is -2.42. The fourth-order valence-corrected chi connectivity index (χ4v) is 3.89. The first-order valence-corrected chi connectivity index (χ1v) is 9.32. The Morgan fingerprint density at radius 3 is 2.73 bits per heavy atom. The van der Waals surface area contributed by atoms with Crippen molar-refractivity contribution in [3.8, 4) is 0 Å². The Balaban J connectivity index is 0.00000243. The van der Waals surface area contributed by atoms with E-state index in [1.807, 2.05) is 35.7 Å². The van der Waals surface area contributed by atoms with E-state index in [4.69, 9.17) is 0 Å². The summed E-state index contributed by atoms with van der Waals surface area (Å²) in [7, 11) is 1.80. The van der Waals surface area contributed by atoms with Gasteiger partial charge in [0.2, 0.25) is 0 Å². The van der Waals surface area contributed by atoms with Gasteiger partial charge >= 0.3 is 0 Å². The number of thiophene rings is 1. The monoisotopic (exact) mass is 480 g/mol. The Morgan fingerprint density at radius 2 is 2.00 bits per heavy atom. The van der Waals surface area contributed by atoms with Gasteiger partial charge in [0, 0.05) is 40.8 Å². The Morgan fingerprint density at radius 1 is 1.19 bits per heavy atom. The van der Waals surface area contributed by atoms with Crippen molar-refractivity contribution in [3.63, 3.8) is 0 Å². The molecular formula is C20H25IN4S. The number of aryl methyl sites for hydroxylation is 1. The van der Waals surface area contributed by atoms with Crippen LogP contribution in [0.15, 0.2) is 53.7 Å². The third kappa shape index (κ3) is 5.41. The first-order valence-electron chi connectivity index (χ1n) is 8.51. The molecule has 4 nitrogen and oxygen atoms in total. The van der Waals surface area contributed by atoms with Gasteiger partial charge in [-0.1, -0.05) is 24.3 Å². The van der Waals surface area contributed by atoms with E-state index in [2.05, 4.69) is 58.7 Å². The van der Waals surface area contributed by atoms with Crippen molar-refractivity contribution in [1.29, 1.82) is 0 Å². The number of aromatic nitrogens is 1. The van der Waals surface area contributed by atoms with E-state index < -0.39 is 0 Å². The van der Waals surface area contributed by atoms with Crippen LogP contribution in [0.3, 0.4) is 0 Å². The second kappa shape index (κ2) is 9.87. The third-order valence-electron chi connectivity index (χ3n) is 4.09. The number of fused-ring (bicyclic) bond motifs is 1. The summed E-state index contributed by atoms with van der Waals surface area (Å²) >= 11 is 1.85. The first-order chi connectivity index (χ1) is 12.2. The lowest BCUT2D eigenvalue weighted by molar-refractivity contribution is 0.644. The van der Waals surface area contributed by atoms with Crippen LogP contribution in [-0.4, -0.2) is 24.0 Å². The second-order valence-corrected chi connectivity index (χ2v) is 7.54. The van der Waals surface area contributed by atoms with E-state index in [1.165, 1.54) is 20.5 Å². The smallest absolute Gasteiger partial charge is 0.191 e. The molecular weight excluding hydrogens is 455 g/mol. The normalized spacial score (nSPS) is 12.5. The summed E-state index contributed by atoms with van der Waals surface area (Å²) in [6.07, 6.45) is 2.85. The number of hydrogen-bond donors (Lipinski definition) is 2. The van der Waals surface area contributed by atoms with E-state index in [9.17, 15) is 0 Å². The van der Waals surface area contributed by atoms with E-state index in [-0.39, 0.29) is 24.0 Å². The maximum Gasteiger partial charge on any atom is 0.191 e. The van der Waals surface area contributed by atoms with Gasteiger partial charge in [0.25, 0.3) is 0 Å². The van der Waals surface area contributed by atoms with Crippen LogP contribution in [0.25, 0.3) is 10.8 Å². The number of guanidine groups is 1. The summed E-state index contributed by atoms with van der Waals surface area (Å²) < 4.78 is 0. The van der Waals surface area contributed by atoms with E-state index in [0.29, 0.717) is 12.6 Å². The predicted octanol–water partition coefficient (Wildman–Crippen LogP) is 4.52. The highest BCUT2D eigenvalue weighted by molar-refractivity contribution is 14.0. The van der Waals surface area contributed by atoms with Gasteiger partial charge in [-0.15, -0.1) is 35.3 Å². The van der Waals surface area contributed by atoms with Crippen molar-refractivity contribution in [2.45, 2.75) is 32.9 Å². The van der Waals surface area contributed by atoms with Crippen LogP contribution >= 0.6 is 35.3 Å². The summed E-state index contributed by atoms with van der Waals surface area (Å²) in [6, 6.07) is 15.0. The number of pyridine rings is 1. The number of halogens is 1. The van der Waals surface area contributed by atoms with Crippen molar-refractivity contribution < 1.29 is 0 Å². The van der Waals surface area contributed by atoms with Crippen LogP contribution in [0, 0.1) is 6.92 Å². The molecule has 0 radical (unpaired) electrons. The summed E-state index contributed by atoms with van der Waals surface area (Å²) in [5.74, 6) is 0.801. The number of nitrogens with one attached hydrogen (secondary N) is 2. The van der Waals surface area contributed by atoms with Gasteiger partial charge in [0.1, 0.15) is 0 Å². The molecule has 0 fully saturated rings. The van der Waals surface area contributed by atoms with Crippen molar-refractivity contribution in [2.75, 3.05) is 7.05 Å². The van der Waals surface area contributed by atoms with E-state index in [0.717, 1.165) is 18.1 Å². The Labute approximate surface area is 176 Å².